The summed E-state index contributed by atoms with van der Waals surface area (Å²) in [5.41, 5.74) is 11.6. The standard InChI is InChI=1S/C50H66N6O9.Pd/c1-11-62-46(58)20-16-34-30(5)38-25-41-33(15-19-45(57)51-23-14-24-52-49(61)65-50(8,9)10)29(4)37(53-41)26-42-35(17-21-47(59)63-12-2)31(6)39(55-42)28-44-36(18-22-48(60)64-13-3)32(7)40(56-44)27-43(34)54-38;/h25-28H,11-24H2,1-10H3,(H4,51,52,53,54,55,56,57,61);/q;+2/p-2. The molecule has 0 saturated heterocycles. The quantitative estimate of drug-likeness (QED) is 0.0505. The average molecular weight is 1000 g/mol. The minimum absolute atomic E-state index is 0. The summed E-state index contributed by atoms with van der Waals surface area (Å²) in [4.78, 5) is 83.8. The number of hydrogen-bond donors (Lipinski definition) is 2. The molecule has 0 spiro atoms. The number of fused-ring (bicyclic) bond motifs is 8. The molecule has 2 aliphatic heterocycles. The summed E-state index contributed by atoms with van der Waals surface area (Å²) < 4.78 is 21.1. The van der Waals surface area contributed by atoms with E-state index in [2.05, 4.69) is 10.6 Å². The molecule has 3 aromatic rings. The Labute approximate surface area is 401 Å². The SMILES string of the molecule is CCOC(=O)CCC1=C(C)c2cc3[n-]c(cc4nc(cc5[n-]c(cc1n2)c(C)c5CCC(=O)NCCCNC(=O)OC(C)(C)C)C(C)=C4CCC(=O)OCC)c(C)c3CCC(=O)OCC.[Pd+2]. The van der Waals surface area contributed by atoms with Gasteiger partial charge in [0.15, 0.2) is 0 Å². The van der Waals surface area contributed by atoms with Crippen LogP contribution in [0.1, 0.15) is 145 Å². The largest absolute Gasteiger partial charge is 2.00 e. The third-order valence-electron chi connectivity index (χ3n) is 11.2. The van der Waals surface area contributed by atoms with Crippen LogP contribution in [0.3, 0.4) is 0 Å². The molecule has 2 aliphatic rings. The molecule has 2 amide bonds. The molecule has 0 radical (unpaired) electrons. The van der Waals surface area contributed by atoms with Crippen molar-refractivity contribution in [2.75, 3.05) is 32.9 Å². The second-order valence-electron chi connectivity index (χ2n) is 17.1. The van der Waals surface area contributed by atoms with Crippen LogP contribution in [0, 0.1) is 13.8 Å². The maximum Gasteiger partial charge on any atom is 2.00 e. The molecule has 3 aromatic heterocycles. The summed E-state index contributed by atoms with van der Waals surface area (Å²) in [5.74, 6) is -1.07. The van der Waals surface area contributed by atoms with E-state index in [0.29, 0.717) is 90.0 Å². The van der Waals surface area contributed by atoms with Gasteiger partial charge in [-0.2, -0.15) is 0 Å². The minimum atomic E-state index is -0.603. The number of alkyl carbamates (subject to hydrolysis) is 1. The van der Waals surface area contributed by atoms with Crippen molar-refractivity contribution in [1.29, 1.82) is 0 Å². The molecule has 66 heavy (non-hydrogen) atoms. The summed E-state index contributed by atoms with van der Waals surface area (Å²) in [5, 5.41) is 5.67. The van der Waals surface area contributed by atoms with Gasteiger partial charge in [-0.05, 0) is 124 Å². The molecule has 0 saturated carbocycles. The van der Waals surface area contributed by atoms with Gasteiger partial charge in [-0.25, -0.2) is 14.8 Å². The van der Waals surface area contributed by atoms with Crippen LogP contribution >= 0.6 is 0 Å². The Balaban J connectivity index is 0.00000952. The zero-order valence-electron chi connectivity index (χ0n) is 40.0. The van der Waals surface area contributed by atoms with Crippen molar-refractivity contribution in [3.8, 4) is 0 Å². The molecular formula is C50H64N6O9Pd. The first-order valence-electron chi connectivity index (χ1n) is 22.7. The fraction of sp³-hybridized carbons (Fsp3) is 0.500. The second-order valence-corrected chi connectivity index (χ2v) is 17.1. The predicted octanol–water partition coefficient (Wildman–Crippen LogP) is 8.19. The van der Waals surface area contributed by atoms with Gasteiger partial charge in [0.2, 0.25) is 5.91 Å². The van der Waals surface area contributed by atoms with Gasteiger partial charge >= 0.3 is 44.4 Å². The summed E-state index contributed by atoms with van der Waals surface area (Å²) in [6.45, 7) is 20.2. The molecule has 0 fully saturated rings. The van der Waals surface area contributed by atoms with E-state index in [1.54, 1.807) is 41.5 Å². The van der Waals surface area contributed by atoms with E-state index in [-0.39, 0.29) is 89.7 Å². The zero-order chi connectivity index (χ0) is 47.4. The molecule has 0 unspecified atom stereocenters. The smallest absolute Gasteiger partial charge is 0.657 e. The van der Waals surface area contributed by atoms with Crippen molar-refractivity contribution in [3.63, 3.8) is 0 Å². The second kappa shape index (κ2) is 24.3. The van der Waals surface area contributed by atoms with E-state index in [1.165, 1.54) is 0 Å². The van der Waals surface area contributed by atoms with Gasteiger partial charge < -0.3 is 39.5 Å². The van der Waals surface area contributed by atoms with Crippen LogP contribution in [0.5, 0.6) is 0 Å². The normalized spacial score (nSPS) is 12.4. The summed E-state index contributed by atoms with van der Waals surface area (Å²) in [6, 6.07) is 7.71. The molecule has 16 heteroatoms. The first-order valence-corrected chi connectivity index (χ1v) is 22.7. The molecule has 2 N–H and O–H groups in total. The number of amides is 2. The van der Waals surface area contributed by atoms with Crippen LogP contribution in [-0.2, 0) is 71.4 Å². The van der Waals surface area contributed by atoms with Gasteiger partial charge in [0, 0.05) is 38.8 Å². The van der Waals surface area contributed by atoms with E-state index in [1.807, 2.05) is 52.0 Å². The Kier molecular flexibility index (Phi) is 19.5. The monoisotopic (exact) mass is 998 g/mol. The maximum atomic E-state index is 13.2. The van der Waals surface area contributed by atoms with Gasteiger partial charge in [0.05, 0.1) is 42.6 Å². The first-order chi connectivity index (χ1) is 30.9. The Morgan fingerprint density at radius 2 is 0.955 bits per heavy atom. The van der Waals surface area contributed by atoms with Gasteiger partial charge in [0.1, 0.15) is 5.60 Å². The number of aryl methyl sites for hydroxylation is 4. The third kappa shape index (κ3) is 14.2. The van der Waals surface area contributed by atoms with Crippen molar-refractivity contribution in [3.05, 3.63) is 69.3 Å². The van der Waals surface area contributed by atoms with E-state index < -0.39 is 11.7 Å². The van der Waals surface area contributed by atoms with Crippen LogP contribution in [0.2, 0.25) is 0 Å². The molecule has 5 heterocycles. The Morgan fingerprint density at radius 1 is 0.561 bits per heavy atom. The van der Waals surface area contributed by atoms with Crippen molar-refractivity contribution in [2.24, 2.45) is 0 Å². The van der Waals surface area contributed by atoms with E-state index in [4.69, 9.17) is 38.9 Å². The number of nitrogens with zero attached hydrogens (tertiary/aromatic N) is 4. The van der Waals surface area contributed by atoms with Crippen LogP contribution in [0.4, 0.5) is 4.79 Å². The number of nitrogens with one attached hydrogen (secondary N) is 2. The van der Waals surface area contributed by atoms with Crippen molar-refractivity contribution >= 4 is 74.3 Å². The van der Waals surface area contributed by atoms with Crippen LogP contribution in [-0.4, -0.2) is 78.4 Å². The number of rotatable bonds is 19. The van der Waals surface area contributed by atoms with Crippen LogP contribution in [0.25, 0.3) is 44.4 Å². The number of hydrogen-bond acceptors (Lipinski definition) is 11. The fourth-order valence-corrected chi connectivity index (χ4v) is 7.86. The minimum Gasteiger partial charge on any atom is -0.657 e. The maximum absolute atomic E-state index is 13.2. The van der Waals surface area contributed by atoms with E-state index in [9.17, 15) is 24.0 Å². The Bertz CT molecular complexity index is 2530. The van der Waals surface area contributed by atoms with Crippen molar-refractivity contribution in [1.82, 2.24) is 30.6 Å². The third-order valence-corrected chi connectivity index (χ3v) is 11.2. The Morgan fingerprint density at radius 3 is 1.38 bits per heavy atom. The topological polar surface area (TPSA) is 200 Å². The molecule has 358 valence electrons. The number of carbonyl (C=O) groups is 5. The predicted molar refractivity (Wildman–Crippen MR) is 250 cm³/mol. The molecule has 8 bridgehead atoms. The van der Waals surface area contributed by atoms with Gasteiger partial charge in [0.25, 0.3) is 0 Å². The van der Waals surface area contributed by atoms with Gasteiger partial charge in [-0.15, -0.1) is 22.1 Å². The summed E-state index contributed by atoms with van der Waals surface area (Å²) in [7, 11) is 0. The molecule has 15 nitrogen and oxygen atoms in total. The van der Waals surface area contributed by atoms with Crippen molar-refractivity contribution in [2.45, 2.75) is 133 Å². The molecule has 5 rings (SSSR count). The van der Waals surface area contributed by atoms with Crippen LogP contribution in [0.15, 0.2) is 24.3 Å². The van der Waals surface area contributed by atoms with Gasteiger partial charge in [-0.3, -0.25) is 19.2 Å². The average Bonchev–Trinajstić information content (AvgIpc) is 3.89. The molecule has 0 aliphatic carbocycles. The molecular weight excluding hydrogens is 935 g/mol. The molecule has 0 aromatic carbocycles. The summed E-state index contributed by atoms with van der Waals surface area (Å²) in [6.07, 6.45) is 2.22. The number of allylic oxidation sites excluding steroid dienone is 4. The van der Waals surface area contributed by atoms with Gasteiger partial charge in [-0.1, -0.05) is 46.5 Å². The van der Waals surface area contributed by atoms with Crippen LogP contribution < -0.4 is 20.6 Å². The van der Waals surface area contributed by atoms with Crippen molar-refractivity contribution < 1.29 is 63.3 Å². The number of aromatic nitrogens is 4. The number of ether oxygens (including phenoxy) is 4. The number of carbonyl (C=O) groups excluding carboxylic acids is 5. The van der Waals surface area contributed by atoms with E-state index >= 15 is 0 Å². The zero-order valence-corrected chi connectivity index (χ0v) is 41.5. The molecule has 0 atom stereocenters. The fourth-order valence-electron chi connectivity index (χ4n) is 7.86. The number of esters is 3. The van der Waals surface area contributed by atoms with E-state index in [0.717, 1.165) is 44.5 Å². The Hall–Kier alpha value is -5.59. The summed E-state index contributed by atoms with van der Waals surface area (Å²) >= 11 is 0. The first kappa shape index (κ1) is 53.0.